The zero-order valence-electron chi connectivity index (χ0n) is 11.6. The van der Waals surface area contributed by atoms with Crippen molar-refractivity contribution in [3.63, 3.8) is 0 Å². The van der Waals surface area contributed by atoms with Crippen LogP contribution in [0.5, 0.6) is 5.75 Å². The summed E-state index contributed by atoms with van der Waals surface area (Å²) in [6.07, 6.45) is -0.907. The lowest BCUT2D eigenvalue weighted by atomic mass is 10.1. The van der Waals surface area contributed by atoms with Gasteiger partial charge in [0.1, 0.15) is 5.75 Å². The van der Waals surface area contributed by atoms with Crippen molar-refractivity contribution in [2.45, 2.75) is 19.4 Å². The minimum absolute atomic E-state index is 0.0388. The van der Waals surface area contributed by atoms with Gasteiger partial charge in [0.2, 0.25) is 0 Å². The predicted octanol–water partition coefficient (Wildman–Crippen LogP) is 0.993. The first-order chi connectivity index (χ1) is 9.45. The molecule has 0 aliphatic carbocycles. The van der Waals surface area contributed by atoms with E-state index in [1.165, 1.54) is 12.0 Å². The Labute approximate surface area is 117 Å². The third-order valence-electron chi connectivity index (χ3n) is 2.70. The number of aliphatic hydroxyl groups is 1. The molecule has 0 aromatic heterocycles. The predicted molar refractivity (Wildman–Crippen MR) is 72.8 cm³/mol. The van der Waals surface area contributed by atoms with E-state index in [9.17, 15) is 14.7 Å². The van der Waals surface area contributed by atoms with Crippen LogP contribution in [0.15, 0.2) is 24.3 Å². The van der Waals surface area contributed by atoms with Gasteiger partial charge in [-0.1, -0.05) is 12.1 Å². The van der Waals surface area contributed by atoms with Crippen LogP contribution < -0.4 is 4.74 Å². The lowest BCUT2D eigenvalue weighted by Crippen LogP contribution is -2.38. The van der Waals surface area contributed by atoms with Gasteiger partial charge in [-0.3, -0.25) is 9.59 Å². The molecule has 0 bridgehead atoms. The molecular formula is C14H19NO5. The maximum absolute atomic E-state index is 12.4. The van der Waals surface area contributed by atoms with E-state index in [1.54, 1.807) is 31.2 Å². The lowest BCUT2D eigenvalue weighted by molar-refractivity contribution is -0.137. The van der Waals surface area contributed by atoms with Crippen molar-refractivity contribution in [2.75, 3.05) is 20.2 Å². The summed E-state index contributed by atoms with van der Waals surface area (Å²) in [6, 6.07) is 6.71. The Balaban J connectivity index is 2.93. The maximum Gasteiger partial charge on any atom is 0.305 e. The summed E-state index contributed by atoms with van der Waals surface area (Å²) in [5.74, 6) is -0.929. The molecular weight excluding hydrogens is 262 g/mol. The first kappa shape index (κ1) is 16.0. The second-order valence-electron chi connectivity index (χ2n) is 4.44. The van der Waals surface area contributed by atoms with Gasteiger partial charge in [-0.15, -0.1) is 0 Å². The number of hydrogen-bond acceptors (Lipinski definition) is 4. The minimum Gasteiger partial charge on any atom is -0.496 e. The number of carboxylic acid groups (broad SMARTS) is 1. The quantitative estimate of drug-likeness (QED) is 0.778. The van der Waals surface area contributed by atoms with Gasteiger partial charge in [-0.25, -0.2) is 0 Å². The Bertz CT molecular complexity index is 472. The van der Waals surface area contributed by atoms with Crippen LogP contribution in [-0.2, 0) is 4.79 Å². The van der Waals surface area contributed by atoms with E-state index >= 15 is 0 Å². The summed E-state index contributed by atoms with van der Waals surface area (Å²) in [4.78, 5) is 24.4. The highest BCUT2D eigenvalue weighted by atomic mass is 16.5. The van der Waals surface area contributed by atoms with Gasteiger partial charge < -0.3 is 19.8 Å². The van der Waals surface area contributed by atoms with Gasteiger partial charge in [0, 0.05) is 13.1 Å². The summed E-state index contributed by atoms with van der Waals surface area (Å²) >= 11 is 0. The normalized spacial score (nSPS) is 11.8. The Hall–Kier alpha value is -2.08. The van der Waals surface area contributed by atoms with Gasteiger partial charge in [0.25, 0.3) is 5.91 Å². The fourth-order valence-corrected chi connectivity index (χ4v) is 1.82. The molecule has 1 amide bonds. The number of methoxy groups -OCH3 is 1. The summed E-state index contributed by atoms with van der Waals surface area (Å²) in [7, 11) is 1.46. The largest absolute Gasteiger partial charge is 0.496 e. The highest BCUT2D eigenvalue weighted by molar-refractivity contribution is 5.97. The van der Waals surface area contributed by atoms with Gasteiger partial charge >= 0.3 is 5.97 Å². The third kappa shape index (κ3) is 4.55. The fraction of sp³-hybridized carbons (Fsp3) is 0.429. The molecule has 0 aliphatic rings. The second kappa shape index (κ2) is 7.49. The first-order valence-electron chi connectivity index (χ1n) is 6.27. The van der Waals surface area contributed by atoms with Crippen molar-refractivity contribution in [2.24, 2.45) is 0 Å². The summed E-state index contributed by atoms with van der Waals surface area (Å²) < 4.78 is 5.12. The van der Waals surface area contributed by atoms with Crippen molar-refractivity contribution in [1.29, 1.82) is 0 Å². The molecule has 6 heteroatoms. The topological polar surface area (TPSA) is 87.1 Å². The number of carbonyl (C=O) groups is 2. The van der Waals surface area contributed by atoms with E-state index in [0.717, 1.165) is 0 Å². The molecule has 1 atom stereocenters. The van der Waals surface area contributed by atoms with Gasteiger partial charge in [0.05, 0.1) is 25.2 Å². The molecule has 0 saturated heterocycles. The number of aliphatic carboxylic acids is 1. The molecule has 6 nitrogen and oxygen atoms in total. The van der Waals surface area contributed by atoms with E-state index < -0.39 is 12.1 Å². The van der Waals surface area contributed by atoms with Crippen molar-refractivity contribution in [1.82, 2.24) is 4.90 Å². The molecule has 0 aliphatic heterocycles. The van der Waals surface area contributed by atoms with E-state index in [1.807, 2.05) is 0 Å². The monoisotopic (exact) mass is 281 g/mol. The Morgan fingerprint density at radius 3 is 2.55 bits per heavy atom. The van der Waals surface area contributed by atoms with Crippen LogP contribution in [0.2, 0.25) is 0 Å². The Morgan fingerprint density at radius 1 is 1.35 bits per heavy atom. The Kier molecular flexibility index (Phi) is 5.99. The van der Waals surface area contributed by atoms with Gasteiger partial charge in [-0.05, 0) is 19.1 Å². The van der Waals surface area contributed by atoms with E-state index in [-0.39, 0.29) is 25.4 Å². The van der Waals surface area contributed by atoms with Crippen LogP contribution in [0.1, 0.15) is 23.7 Å². The number of rotatable bonds is 7. The van der Waals surface area contributed by atoms with E-state index in [4.69, 9.17) is 9.84 Å². The molecule has 0 heterocycles. The number of para-hydroxylation sites is 1. The molecule has 0 radical (unpaired) electrons. The molecule has 0 saturated carbocycles. The summed E-state index contributed by atoms with van der Waals surface area (Å²) in [6.45, 7) is 1.66. The molecule has 1 aromatic rings. The maximum atomic E-state index is 12.4. The van der Waals surface area contributed by atoms with Crippen LogP contribution in [0.4, 0.5) is 0 Å². The van der Waals surface area contributed by atoms with Crippen LogP contribution in [0, 0.1) is 0 Å². The van der Waals surface area contributed by atoms with Gasteiger partial charge in [0.15, 0.2) is 0 Å². The highest BCUT2D eigenvalue weighted by Gasteiger charge is 2.21. The van der Waals surface area contributed by atoms with Crippen LogP contribution in [0.25, 0.3) is 0 Å². The number of amides is 1. The number of ether oxygens (including phenoxy) is 1. The number of hydrogen-bond donors (Lipinski definition) is 2. The standard InChI is InChI=1S/C14H19NO5/c1-10(16)9-15(8-7-13(17)18)14(19)11-5-3-4-6-12(11)20-2/h3-6,10,16H,7-9H2,1-2H3,(H,17,18). The molecule has 20 heavy (non-hydrogen) atoms. The van der Waals surface area contributed by atoms with Crippen LogP contribution in [0.3, 0.4) is 0 Å². The smallest absolute Gasteiger partial charge is 0.305 e. The van der Waals surface area contributed by atoms with E-state index in [0.29, 0.717) is 11.3 Å². The van der Waals surface area contributed by atoms with Crippen molar-refractivity contribution < 1.29 is 24.5 Å². The fourth-order valence-electron chi connectivity index (χ4n) is 1.82. The molecule has 110 valence electrons. The summed E-state index contributed by atoms with van der Waals surface area (Å²) in [5, 5.41) is 18.2. The number of nitrogens with zero attached hydrogens (tertiary/aromatic N) is 1. The van der Waals surface area contributed by atoms with E-state index in [2.05, 4.69) is 0 Å². The minimum atomic E-state index is -0.992. The zero-order valence-corrected chi connectivity index (χ0v) is 11.6. The molecule has 0 fully saturated rings. The number of benzene rings is 1. The number of aliphatic hydroxyl groups excluding tert-OH is 1. The number of carbonyl (C=O) groups excluding carboxylic acids is 1. The van der Waals surface area contributed by atoms with Crippen LogP contribution >= 0.6 is 0 Å². The molecule has 1 rings (SSSR count). The first-order valence-corrected chi connectivity index (χ1v) is 6.27. The van der Waals surface area contributed by atoms with Gasteiger partial charge in [-0.2, -0.15) is 0 Å². The molecule has 1 unspecified atom stereocenters. The third-order valence-corrected chi connectivity index (χ3v) is 2.70. The molecule has 1 aromatic carbocycles. The zero-order chi connectivity index (χ0) is 15.1. The second-order valence-corrected chi connectivity index (χ2v) is 4.44. The highest BCUT2D eigenvalue weighted by Crippen LogP contribution is 2.19. The van der Waals surface area contributed by atoms with Crippen LogP contribution in [-0.4, -0.2) is 53.3 Å². The van der Waals surface area contributed by atoms with Crippen molar-refractivity contribution >= 4 is 11.9 Å². The summed E-state index contributed by atoms with van der Waals surface area (Å²) in [5.41, 5.74) is 0.348. The van der Waals surface area contributed by atoms with Crippen molar-refractivity contribution in [3.8, 4) is 5.75 Å². The average Bonchev–Trinajstić information content (AvgIpc) is 2.42. The number of carboxylic acids is 1. The Morgan fingerprint density at radius 2 is 2.00 bits per heavy atom. The lowest BCUT2D eigenvalue weighted by Gasteiger charge is -2.24. The molecule has 0 spiro atoms. The SMILES string of the molecule is COc1ccccc1C(=O)N(CCC(=O)O)CC(C)O. The average molecular weight is 281 g/mol. The molecule has 2 N–H and O–H groups in total. The van der Waals surface area contributed by atoms with Crippen molar-refractivity contribution in [3.05, 3.63) is 29.8 Å².